The predicted molar refractivity (Wildman–Crippen MR) is 78.2 cm³/mol. The Bertz CT molecular complexity index is 431. The van der Waals surface area contributed by atoms with Crippen LogP contribution in [0.1, 0.15) is 52.9 Å². The van der Waals surface area contributed by atoms with Crippen LogP contribution >= 0.6 is 0 Å². The number of nitrogens with zero attached hydrogens (tertiary/aromatic N) is 2. The standard InChI is InChI=1S/C16H26N2O3/c1-16(2,3)21-15(20)18-10-6-9-17(18)14(19)13-11-7-4-5-8-12(11)13/h11-13H,4-10H2,1-3H3/t11-,12+,13?. The van der Waals surface area contributed by atoms with Crippen molar-refractivity contribution in [3.8, 4) is 0 Å². The SMILES string of the molecule is CC(C)(C)OC(=O)N1CCCN1C(=O)C1[C@H]2CCCC[C@@H]12. The molecule has 3 aliphatic rings. The van der Waals surface area contributed by atoms with Gasteiger partial charge in [0.05, 0.1) is 0 Å². The van der Waals surface area contributed by atoms with E-state index in [1.807, 2.05) is 20.8 Å². The van der Waals surface area contributed by atoms with Crippen molar-refractivity contribution < 1.29 is 14.3 Å². The van der Waals surface area contributed by atoms with E-state index in [1.54, 1.807) is 5.01 Å². The molecule has 21 heavy (non-hydrogen) atoms. The van der Waals surface area contributed by atoms with Crippen LogP contribution in [0, 0.1) is 17.8 Å². The quantitative estimate of drug-likeness (QED) is 0.747. The molecule has 1 heterocycles. The van der Waals surface area contributed by atoms with Crippen LogP contribution in [0.3, 0.4) is 0 Å². The normalized spacial score (nSPS) is 31.9. The summed E-state index contributed by atoms with van der Waals surface area (Å²) in [6, 6.07) is 0. The van der Waals surface area contributed by atoms with E-state index in [4.69, 9.17) is 4.74 Å². The lowest BCUT2D eigenvalue weighted by Gasteiger charge is -2.30. The van der Waals surface area contributed by atoms with Gasteiger partial charge in [-0.2, -0.15) is 0 Å². The summed E-state index contributed by atoms with van der Waals surface area (Å²) < 4.78 is 5.41. The molecular formula is C16H26N2O3. The zero-order valence-corrected chi connectivity index (χ0v) is 13.3. The van der Waals surface area contributed by atoms with E-state index in [0.29, 0.717) is 24.9 Å². The first-order valence-corrected chi connectivity index (χ1v) is 8.20. The molecule has 0 spiro atoms. The van der Waals surface area contributed by atoms with Gasteiger partial charge in [0, 0.05) is 19.0 Å². The van der Waals surface area contributed by atoms with Crippen LogP contribution in [0.25, 0.3) is 0 Å². The number of rotatable bonds is 1. The minimum Gasteiger partial charge on any atom is -0.442 e. The van der Waals surface area contributed by atoms with Crippen molar-refractivity contribution in [2.45, 2.75) is 58.5 Å². The molecule has 2 aliphatic carbocycles. The summed E-state index contributed by atoms with van der Waals surface area (Å²) in [7, 11) is 0. The minimum atomic E-state index is -0.526. The number of ether oxygens (including phenoxy) is 1. The zero-order valence-electron chi connectivity index (χ0n) is 13.3. The smallest absolute Gasteiger partial charge is 0.429 e. The Morgan fingerprint density at radius 1 is 0.952 bits per heavy atom. The topological polar surface area (TPSA) is 49.9 Å². The number of hydrazine groups is 1. The lowest BCUT2D eigenvalue weighted by molar-refractivity contribution is -0.145. The van der Waals surface area contributed by atoms with Crippen LogP contribution in [-0.2, 0) is 9.53 Å². The molecule has 1 unspecified atom stereocenters. The van der Waals surface area contributed by atoms with Crippen LogP contribution in [-0.4, -0.2) is 40.7 Å². The Labute approximate surface area is 126 Å². The van der Waals surface area contributed by atoms with Crippen LogP contribution in [0.5, 0.6) is 0 Å². The van der Waals surface area contributed by atoms with Crippen molar-refractivity contribution in [1.82, 2.24) is 10.0 Å². The maximum atomic E-state index is 12.7. The summed E-state index contributed by atoms with van der Waals surface area (Å²) >= 11 is 0. The van der Waals surface area contributed by atoms with Gasteiger partial charge >= 0.3 is 6.09 Å². The average molecular weight is 294 g/mol. The highest BCUT2D eigenvalue weighted by Gasteiger charge is 2.57. The third kappa shape index (κ3) is 2.87. The molecule has 1 saturated heterocycles. The molecule has 3 fully saturated rings. The third-order valence-electron chi connectivity index (χ3n) is 4.83. The Morgan fingerprint density at radius 3 is 2.10 bits per heavy atom. The van der Waals surface area contributed by atoms with Crippen molar-refractivity contribution in [2.75, 3.05) is 13.1 Å². The van der Waals surface area contributed by atoms with E-state index >= 15 is 0 Å². The van der Waals surface area contributed by atoms with Crippen molar-refractivity contribution in [1.29, 1.82) is 0 Å². The maximum Gasteiger partial charge on any atom is 0.429 e. The van der Waals surface area contributed by atoms with Gasteiger partial charge in [-0.05, 0) is 51.9 Å². The first-order valence-electron chi connectivity index (χ1n) is 8.20. The summed E-state index contributed by atoms with van der Waals surface area (Å²) in [4.78, 5) is 25.0. The van der Waals surface area contributed by atoms with E-state index in [9.17, 15) is 9.59 Å². The van der Waals surface area contributed by atoms with Gasteiger partial charge in [-0.3, -0.25) is 4.79 Å². The third-order valence-corrected chi connectivity index (χ3v) is 4.83. The molecule has 5 heteroatoms. The Hall–Kier alpha value is -1.26. The number of hydrogen-bond donors (Lipinski definition) is 0. The molecule has 2 amide bonds. The first-order chi connectivity index (χ1) is 9.88. The van der Waals surface area contributed by atoms with E-state index < -0.39 is 11.7 Å². The molecule has 3 atom stereocenters. The van der Waals surface area contributed by atoms with Gasteiger partial charge in [0.15, 0.2) is 0 Å². The Kier molecular flexibility index (Phi) is 3.62. The van der Waals surface area contributed by atoms with E-state index in [2.05, 4.69) is 0 Å². The van der Waals surface area contributed by atoms with Crippen molar-refractivity contribution in [3.05, 3.63) is 0 Å². The molecule has 5 nitrogen and oxygen atoms in total. The molecule has 0 N–H and O–H groups in total. The second-order valence-electron chi connectivity index (χ2n) is 7.56. The van der Waals surface area contributed by atoms with Crippen molar-refractivity contribution in [2.24, 2.45) is 17.8 Å². The Morgan fingerprint density at radius 2 is 1.52 bits per heavy atom. The Balaban J connectivity index is 1.64. The number of hydrogen-bond acceptors (Lipinski definition) is 3. The van der Waals surface area contributed by atoms with Crippen molar-refractivity contribution in [3.63, 3.8) is 0 Å². The highest BCUT2D eigenvalue weighted by Crippen LogP contribution is 2.56. The fraction of sp³-hybridized carbons (Fsp3) is 0.875. The fourth-order valence-corrected chi connectivity index (χ4v) is 3.88. The van der Waals surface area contributed by atoms with Crippen LogP contribution in [0.2, 0.25) is 0 Å². The second kappa shape index (κ2) is 5.18. The summed E-state index contributed by atoms with van der Waals surface area (Å²) in [6.07, 6.45) is 5.31. The highest BCUT2D eigenvalue weighted by atomic mass is 16.6. The molecular weight excluding hydrogens is 268 g/mol. The average Bonchev–Trinajstić information content (AvgIpc) is 2.90. The van der Waals surface area contributed by atoms with Crippen LogP contribution in [0.15, 0.2) is 0 Å². The molecule has 0 aromatic carbocycles. The molecule has 1 aliphatic heterocycles. The van der Waals surface area contributed by atoms with Crippen molar-refractivity contribution >= 4 is 12.0 Å². The maximum absolute atomic E-state index is 12.7. The van der Waals surface area contributed by atoms with E-state index in [1.165, 1.54) is 30.7 Å². The number of amides is 2. The van der Waals surface area contributed by atoms with Gasteiger partial charge in [-0.1, -0.05) is 12.8 Å². The zero-order chi connectivity index (χ0) is 15.2. The number of carbonyl (C=O) groups excluding carboxylic acids is 2. The van der Waals surface area contributed by atoms with E-state index in [-0.39, 0.29) is 11.8 Å². The van der Waals surface area contributed by atoms with Gasteiger partial charge in [0.1, 0.15) is 5.60 Å². The summed E-state index contributed by atoms with van der Waals surface area (Å²) in [5.41, 5.74) is -0.526. The summed E-state index contributed by atoms with van der Waals surface area (Å²) in [6.45, 7) is 6.78. The van der Waals surface area contributed by atoms with Gasteiger partial charge in [0.2, 0.25) is 5.91 Å². The highest BCUT2D eigenvalue weighted by molar-refractivity contribution is 5.84. The second-order valence-corrected chi connectivity index (χ2v) is 7.56. The van der Waals surface area contributed by atoms with Gasteiger partial charge in [0.25, 0.3) is 0 Å². The summed E-state index contributed by atoms with van der Waals surface area (Å²) in [5, 5.41) is 3.16. The van der Waals surface area contributed by atoms with Crippen LogP contribution in [0.4, 0.5) is 4.79 Å². The first kappa shape index (κ1) is 14.7. The minimum absolute atomic E-state index is 0.148. The summed E-state index contributed by atoms with van der Waals surface area (Å²) in [5.74, 6) is 1.46. The fourth-order valence-electron chi connectivity index (χ4n) is 3.88. The molecule has 2 saturated carbocycles. The molecule has 0 aromatic rings. The molecule has 0 bridgehead atoms. The van der Waals surface area contributed by atoms with E-state index in [0.717, 1.165) is 6.42 Å². The number of fused-ring (bicyclic) bond motifs is 1. The molecule has 118 valence electrons. The lowest BCUT2D eigenvalue weighted by atomic mass is 10.0. The monoisotopic (exact) mass is 294 g/mol. The molecule has 0 aromatic heterocycles. The number of carbonyl (C=O) groups is 2. The molecule has 3 rings (SSSR count). The largest absolute Gasteiger partial charge is 0.442 e. The van der Waals surface area contributed by atoms with Gasteiger partial charge in [-0.25, -0.2) is 14.8 Å². The molecule has 0 radical (unpaired) electrons. The van der Waals surface area contributed by atoms with Crippen LogP contribution < -0.4 is 0 Å². The predicted octanol–water partition coefficient (Wildman–Crippen LogP) is 2.81. The van der Waals surface area contributed by atoms with Gasteiger partial charge in [-0.15, -0.1) is 0 Å². The van der Waals surface area contributed by atoms with Gasteiger partial charge < -0.3 is 4.74 Å². The lowest BCUT2D eigenvalue weighted by Crippen LogP contribution is -2.47.